The van der Waals surface area contributed by atoms with Crippen molar-refractivity contribution in [3.05, 3.63) is 59.7 Å². The number of fused-ring (bicyclic) bond motifs is 1. The molecule has 0 saturated carbocycles. The lowest BCUT2D eigenvalue weighted by Gasteiger charge is -2.08. The van der Waals surface area contributed by atoms with Crippen LogP contribution in [-0.2, 0) is 27.8 Å². The van der Waals surface area contributed by atoms with Crippen LogP contribution in [0.25, 0.3) is 0 Å². The summed E-state index contributed by atoms with van der Waals surface area (Å²) in [6.07, 6.45) is 0.398. The van der Waals surface area contributed by atoms with Gasteiger partial charge in [-0.2, -0.15) is 0 Å². The number of hydrogen-bond donors (Lipinski definition) is 2. The summed E-state index contributed by atoms with van der Waals surface area (Å²) in [7, 11) is -3.51. The maximum atomic E-state index is 12.0. The van der Waals surface area contributed by atoms with Crippen LogP contribution >= 0.6 is 0 Å². The van der Waals surface area contributed by atoms with Crippen LogP contribution in [0.3, 0.4) is 0 Å². The number of aryl methyl sites for hydroxylation is 1. The van der Waals surface area contributed by atoms with Gasteiger partial charge >= 0.3 is 0 Å². The Morgan fingerprint density at radius 2 is 1.77 bits per heavy atom. The van der Waals surface area contributed by atoms with E-state index < -0.39 is 15.9 Å². The number of carbonyl (C=O) groups is 1. The SMILES string of the molecule is O=C(CNS(=O)(=O)CCc1ccccc1)NCc1ccc2c(c1)OCO2. The molecule has 0 fully saturated rings. The molecule has 0 atom stereocenters. The lowest BCUT2D eigenvalue weighted by Crippen LogP contribution is -2.37. The topological polar surface area (TPSA) is 93.7 Å². The standard InChI is InChI=1S/C18H20N2O5S/c21-18(19-11-15-6-7-16-17(10-15)25-13-24-16)12-20-26(22,23)9-8-14-4-2-1-3-5-14/h1-7,10,20H,8-9,11-13H2,(H,19,21). The van der Waals surface area contributed by atoms with E-state index in [9.17, 15) is 13.2 Å². The molecule has 8 heteroatoms. The van der Waals surface area contributed by atoms with Crippen LogP contribution in [0.4, 0.5) is 0 Å². The molecule has 0 saturated heterocycles. The average Bonchev–Trinajstić information content (AvgIpc) is 3.12. The smallest absolute Gasteiger partial charge is 0.235 e. The van der Waals surface area contributed by atoms with Gasteiger partial charge in [-0.15, -0.1) is 0 Å². The Labute approximate surface area is 152 Å². The fraction of sp³-hybridized carbons (Fsp3) is 0.278. The third kappa shape index (κ3) is 5.21. The zero-order valence-corrected chi connectivity index (χ0v) is 14.9. The Morgan fingerprint density at radius 1 is 1.00 bits per heavy atom. The fourth-order valence-electron chi connectivity index (χ4n) is 2.46. The summed E-state index contributed by atoms with van der Waals surface area (Å²) in [5.74, 6) is 0.850. The summed E-state index contributed by atoms with van der Waals surface area (Å²) in [5, 5.41) is 2.67. The van der Waals surface area contributed by atoms with Crippen molar-refractivity contribution < 1.29 is 22.7 Å². The Bertz CT molecular complexity index is 868. The molecule has 2 aromatic rings. The largest absolute Gasteiger partial charge is 0.454 e. The first-order valence-corrected chi connectivity index (χ1v) is 9.83. The molecule has 0 aromatic heterocycles. The number of ether oxygens (including phenoxy) is 2. The molecule has 7 nitrogen and oxygen atoms in total. The zero-order chi connectivity index (χ0) is 18.4. The molecule has 0 radical (unpaired) electrons. The molecule has 1 aliphatic rings. The van der Waals surface area contributed by atoms with E-state index in [1.54, 1.807) is 12.1 Å². The summed E-state index contributed by atoms with van der Waals surface area (Å²) in [6.45, 7) is 0.179. The molecule has 26 heavy (non-hydrogen) atoms. The van der Waals surface area contributed by atoms with Crippen molar-refractivity contribution in [2.24, 2.45) is 0 Å². The molecule has 2 aromatic carbocycles. The molecule has 1 aliphatic heterocycles. The summed E-state index contributed by atoms with van der Waals surface area (Å²) < 4.78 is 36.8. The number of carbonyl (C=O) groups excluding carboxylic acids is 1. The predicted molar refractivity (Wildman–Crippen MR) is 96.3 cm³/mol. The van der Waals surface area contributed by atoms with Crippen LogP contribution in [-0.4, -0.2) is 33.4 Å². The zero-order valence-electron chi connectivity index (χ0n) is 14.1. The second kappa shape index (κ2) is 8.20. The molecule has 1 amide bonds. The fourth-order valence-corrected chi connectivity index (χ4v) is 3.46. The molecule has 0 spiro atoms. The minimum Gasteiger partial charge on any atom is -0.454 e. The summed E-state index contributed by atoms with van der Waals surface area (Å²) >= 11 is 0. The van der Waals surface area contributed by atoms with Crippen molar-refractivity contribution >= 4 is 15.9 Å². The highest BCUT2D eigenvalue weighted by Gasteiger charge is 2.15. The monoisotopic (exact) mass is 376 g/mol. The highest BCUT2D eigenvalue weighted by molar-refractivity contribution is 7.89. The first kappa shape index (κ1) is 18.2. The number of rotatable bonds is 8. The number of nitrogens with one attached hydrogen (secondary N) is 2. The lowest BCUT2D eigenvalue weighted by molar-refractivity contribution is -0.120. The van der Waals surface area contributed by atoms with Crippen molar-refractivity contribution in [1.82, 2.24) is 10.0 Å². The van der Waals surface area contributed by atoms with E-state index in [4.69, 9.17) is 9.47 Å². The Hall–Kier alpha value is -2.58. The normalized spacial score (nSPS) is 12.8. The van der Waals surface area contributed by atoms with E-state index in [0.717, 1.165) is 11.1 Å². The third-order valence-electron chi connectivity index (χ3n) is 3.88. The molecule has 0 bridgehead atoms. The van der Waals surface area contributed by atoms with Crippen molar-refractivity contribution in [1.29, 1.82) is 0 Å². The van der Waals surface area contributed by atoms with Gasteiger partial charge in [-0.3, -0.25) is 4.79 Å². The van der Waals surface area contributed by atoms with Crippen LogP contribution in [0.2, 0.25) is 0 Å². The first-order valence-electron chi connectivity index (χ1n) is 8.18. The lowest BCUT2D eigenvalue weighted by atomic mass is 10.2. The van der Waals surface area contributed by atoms with Gasteiger partial charge in [0, 0.05) is 6.54 Å². The van der Waals surface area contributed by atoms with Crippen molar-refractivity contribution in [2.45, 2.75) is 13.0 Å². The second-order valence-electron chi connectivity index (χ2n) is 5.84. The van der Waals surface area contributed by atoms with Gasteiger partial charge in [0.1, 0.15) is 0 Å². The van der Waals surface area contributed by atoms with Crippen LogP contribution < -0.4 is 19.5 Å². The molecule has 0 unspecified atom stereocenters. The van der Waals surface area contributed by atoms with E-state index in [1.807, 2.05) is 36.4 Å². The van der Waals surface area contributed by atoms with E-state index >= 15 is 0 Å². The van der Waals surface area contributed by atoms with Gasteiger partial charge in [0.05, 0.1) is 12.3 Å². The maximum Gasteiger partial charge on any atom is 0.235 e. The minimum atomic E-state index is -3.51. The summed E-state index contributed by atoms with van der Waals surface area (Å²) in [5.41, 5.74) is 1.78. The summed E-state index contributed by atoms with van der Waals surface area (Å²) in [6, 6.07) is 14.7. The van der Waals surface area contributed by atoms with Gasteiger partial charge in [-0.05, 0) is 29.7 Å². The molecule has 1 heterocycles. The third-order valence-corrected chi connectivity index (χ3v) is 5.21. The maximum absolute atomic E-state index is 12.0. The van der Waals surface area contributed by atoms with E-state index in [-0.39, 0.29) is 25.6 Å². The number of amides is 1. The van der Waals surface area contributed by atoms with Crippen LogP contribution in [0.5, 0.6) is 11.5 Å². The molecule has 2 N–H and O–H groups in total. The highest BCUT2D eigenvalue weighted by atomic mass is 32.2. The molecular formula is C18H20N2O5S. The first-order chi connectivity index (χ1) is 12.5. The van der Waals surface area contributed by atoms with Gasteiger partial charge in [0.2, 0.25) is 22.7 Å². The molecule has 0 aliphatic carbocycles. The van der Waals surface area contributed by atoms with Gasteiger partial charge < -0.3 is 14.8 Å². The van der Waals surface area contributed by atoms with E-state index in [0.29, 0.717) is 17.9 Å². The van der Waals surface area contributed by atoms with Crippen LogP contribution in [0.1, 0.15) is 11.1 Å². The predicted octanol–water partition coefficient (Wildman–Crippen LogP) is 1.19. The van der Waals surface area contributed by atoms with E-state index in [1.165, 1.54) is 0 Å². The number of hydrogen-bond acceptors (Lipinski definition) is 5. The van der Waals surface area contributed by atoms with Gasteiger partial charge in [0.15, 0.2) is 11.5 Å². The quantitative estimate of drug-likeness (QED) is 0.722. The van der Waals surface area contributed by atoms with E-state index in [2.05, 4.69) is 10.0 Å². The molecule has 138 valence electrons. The van der Waals surface area contributed by atoms with Crippen molar-refractivity contribution in [3.63, 3.8) is 0 Å². The number of sulfonamides is 1. The molecular weight excluding hydrogens is 356 g/mol. The Balaban J connectivity index is 1.41. The van der Waals surface area contributed by atoms with Crippen LogP contribution in [0, 0.1) is 0 Å². The van der Waals surface area contributed by atoms with Crippen LogP contribution in [0.15, 0.2) is 48.5 Å². The average molecular weight is 376 g/mol. The number of benzene rings is 2. The van der Waals surface area contributed by atoms with Gasteiger partial charge in [-0.25, -0.2) is 13.1 Å². The summed E-state index contributed by atoms with van der Waals surface area (Å²) in [4.78, 5) is 11.9. The van der Waals surface area contributed by atoms with Crippen molar-refractivity contribution in [2.75, 3.05) is 19.1 Å². The minimum absolute atomic E-state index is 0.0630. The highest BCUT2D eigenvalue weighted by Crippen LogP contribution is 2.32. The van der Waals surface area contributed by atoms with Gasteiger partial charge in [0.25, 0.3) is 0 Å². The Morgan fingerprint density at radius 3 is 2.58 bits per heavy atom. The Kier molecular flexibility index (Phi) is 5.75. The van der Waals surface area contributed by atoms with Gasteiger partial charge in [-0.1, -0.05) is 36.4 Å². The second-order valence-corrected chi connectivity index (χ2v) is 7.77. The molecule has 3 rings (SSSR count). The van der Waals surface area contributed by atoms with Crippen molar-refractivity contribution in [3.8, 4) is 11.5 Å².